The fourth-order valence-corrected chi connectivity index (χ4v) is 2.83. The van der Waals surface area contributed by atoms with Gasteiger partial charge in [0.15, 0.2) is 11.5 Å². The highest BCUT2D eigenvalue weighted by molar-refractivity contribution is 6.05. The van der Waals surface area contributed by atoms with Crippen LogP contribution in [0.3, 0.4) is 0 Å². The lowest BCUT2D eigenvalue weighted by atomic mass is 10.1. The molecular formula is C23H24N2O4. The summed E-state index contributed by atoms with van der Waals surface area (Å²) in [5.74, 6) is 1.59. The van der Waals surface area contributed by atoms with Crippen LogP contribution in [0.15, 0.2) is 60.7 Å². The zero-order valence-electron chi connectivity index (χ0n) is 16.9. The van der Waals surface area contributed by atoms with E-state index in [2.05, 4.69) is 10.3 Å². The molecule has 0 aliphatic carbocycles. The van der Waals surface area contributed by atoms with Crippen molar-refractivity contribution < 1.29 is 19.0 Å². The highest BCUT2D eigenvalue weighted by atomic mass is 16.5. The van der Waals surface area contributed by atoms with Gasteiger partial charge in [0.1, 0.15) is 5.75 Å². The summed E-state index contributed by atoms with van der Waals surface area (Å²) < 4.78 is 16.5. The maximum atomic E-state index is 12.7. The average molecular weight is 392 g/mol. The fraction of sp³-hybridized carbons (Fsp3) is 0.217. The SMILES string of the molecule is COc1ccccc1Oc1cccc(NC(=O)c2ccc(C(C)OC)nc2C)c1. The van der Waals surface area contributed by atoms with Gasteiger partial charge in [-0.05, 0) is 50.2 Å². The number of benzene rings is 2. The first kappa shape index (κ1) is 20.4. The van der Waals surface area contributed by atoms with E-state index in [-0.39, 0.29) is 12.0 Å². The van der Waals surface area contributed by atoms with E-state index >= 15 is 0 Å². The molecule has 29 heavy (non-hydrogen) atoms. The Labute approximate surface area is 170 Å². The molecule has 2 aromatic carbocycles. The van der Waals surface area contributed by atoms with Gasteiger partial charge in [-0.1, -0.05) is 18.2 Å². The van der Waals surface area contributed by atoms with Gasteiger partial charge in [-0.3, -0.25) is 9.78 Å². The zero-order chi connectivity index (χ0) is 20.8. The number of pyridine rings is 1. The molecule has 0 saturated carbocycles. The van der Waals surface area contributed by atoms with Crippen LogP contribution in [0.25, 0.3) is 0 Å². The Balaban J connectivity index is 1.75. The Hall–Kier alpha value is -3.38. The molecule has 1 amide bonds. The third kappa shape index (κ3) is 4.92. The van der Waals surface area contributed by atoms with Crippen molar-refractivity contribution in [1.82, 2.24) is 4.98 Å². The fourth-order valence-electron chi connectivity index (χ4n) is 2.83. The number of aryl methyl sites for hydroxylation is 1. The Bertz CT molecular complexity index is 1000. The number of anilines is 1. The molecule has 6 nitrogen and oxygen atoms in total. The minimum Gasteiger partial charge on any atom is -0.493 e. The number of ether oxygens (including phenoxy) is 3. The monoisotopic (exact) mass is 392 g/mol. The Morgan fingerprint density at radius 3 is 2.45 bits per heavy atom. The van der Waals surface area contributed by atoms with Crippen LogP contribution in [0.1, 0.15) is 34.8 Å². The molecule has 6 heteroatoms. The van der Waals surface area contributed by atoms with E-state index in [4.69, 9.17) is 14.2 Å². The van der Waals surface area contributed by atoms with Crippen LogP contribution in [0.5, 0.6) is 17.2 Å². The minimum atomic E-state index is -0.235. The van der Waals surface area contributed by atoms with Crippen molar-refractivity contribution in [3.8, 4) is 17.2 Å². The molecule has 1 heterocycles. The largest absolute Gasteiger partial charge is 0.493 e. The highest BCUT2D eigenvalue weighted by Crippen LogP contribution is 2.32. The number of carbonyl (C=O) groups excluding carboxylic acids is 1. The summed E-state index contributed by atoms with van der Waals surface area (Å²) in [6.45, 7) is 3.72. The number of nitrogens with zero attached hydrogens (tertiary/aromatic N) is 1. The quantitative estimate of drug-likeness (QED) is 0.602. The third-order valence-corrected chi connectivity index (χ3v) is 4.51. The van der Waals surface area contributed by atoms with E-state index in [0.717, 1.165) is 5.69 Å². The number of hydrogen-bond acceptors (Lipinski definition) is 5. The van der Waals surface area contributed by atoms with Gasteiger partial charge in [0.05, 0.1) is 30.2 Å². The molecule has 0 spiro atoms. The number of aromatic nitrogens is 1. The van der Waals surface area contributed by atoms with E-state index < -0.39 is 0 Å². The van der Waals surface area contributed by atoms with Crippen molar-refractivity contribution in [1.29, 1.82) is 0 Å². The van der Waals surface area contributed by atoms with Crippen LogP contribution in [0, 0.1) is 6.92 Å². The average Bonchev–Trinajstić information content (AvgIpc) is 2.73. The lowest BCUT2D eigenvalue weighted by Gasteiger charge is -2.13. The molecule has 0 saturated heterocycles. The zero-order valence-corrected chi connectivity index (χ0v) is 16.9. The molecule has 0 aliphatic heterocycles. The number of para-hydroxylation sites is 2. The van der Waals surface area contributed by atoms with Crippen LogP contribution in [0.4, 0.5) is 5.69 Å². The van der Waals surface area contributed by atoms with E-state index in [1.54, 1.807) is 38.5 Å². The predicted octanol–water partition coefficient (Wildman–Crippen LogP) is 5.15. The van der Waals surface area contributed by atoms with Crippen molar-refractivity contribution in [2.75, 3.05) is 19.5 Å². The van der Waals surface area contributed by atoms with Gasteiger partial charge in [0.2, 0.25) is 0 Å². The van der Waals surface area contributed by atoms with Crippen LogP contribution in [-0.2, 0) is 4.74 Å². The van der Waals surface area contributed by atoms with Crippen molar-refractivity contribution >= 4 is 11.6 Å². The van der Waals surface area contributed by atoms with E-state index in [1.165, 1.54) is 0 Å². The van der Waals surface area contributed by atoms with Gasteiger partial charge < -0.3 is 19.5 Å². The Morgan fingerprint density at radius 1 is 1.00 bits per heavy atom. The minimum absolute atomic E-state index is 0.130. The maximum Gasteiger partial charge on any atom is 0.257 e. The van der Waals surface area contributed by atoms with E-state index in [0.29, 0.717) is 34.2 Å². The summed E-state index contributed by atoms with van der Waals surface area (Å²) >= 11 is 0. The van der Waals surface area contributed by atoms with Gasteiger partial charge >= 0.3 is 0 Å². The molecule has 1 unspecified atom stereocenters. The van der Waals surface area contributed by atoms with Gasteiger partial charge in [0.25, 0.3) is 5.91 Å². The topological polar surface area (TPSA) is 69.7 Å². The number of carbonyl (C=O) groups is 1. The first-order chi connectivity index (χ1) is 14.0. The second-order valence-electron chi connectivity index (χ2n) is 6.48. The van der Waals surface area contributed by atoms with E-state index in [9.17, 15) is 4.79 Å². The summed E-state index contributed by atoms with van der Waals surface area (Å²) in [7, 11) is 3.22. The summed E-state index contributed by atoms with van der Waals surface area (Å²) in [5, 5.41) is 2.90. The molecule has 150 valence electrons. The molecule has 1 N–H and O–H groups in total. The maximum absolute atomic E-state index is 12.7. The molecule has 0 bridgehead atoms. The van der Waals surface area contributed by atoms with Crippen LogP contribution >= 0.6 is 0 Å². The van der Waals surface area contributed by atoms with Crippen molar-refractivity contribution in [2.45, 2.75) is 20.0 Å². The molecule has 0 aliphatic rings. The summed E-state index contributed by atoms with van der Waals surface area (Å²) in [6, 6.07) is 18.1. The van der Waals surface area contributed by atoms with Gasteiger partial charge in [-0.15, -0.1) is 0 Å². The number of amides is 1. The lowest BCUT2D eigenvalue weighted by molar-refractivity contribution is 0.102. The third-order valence-electron chi connectivity index (χ3n) is 4.51. The smallest absolute Gasteiger partial charge is 0.257 e. The second-order valence-corrected chi connectivity index (χ2v) is 6.48. The van der Waals surface area contributed by atoms with Crippen LogP contribution in [0.2, 0.25) is 0 Å². The predicted molar refractivity (Wildman–Crippen MR) is 112 cm³/mol. The summed E-state index contributed by atoms with van der Waals surface area (Å²) in [4.78, 5) is 17.2. The van der Waals surface area contributed by atoms with Gasteiger partial charge in [0, 0.05) is 18.9 Å². The molecule has 1 atom stereocenters. The normalized spacial score (nSPS) is 11.6. The number of hydrogen-bond donors (Lipinski definition) is 1. The molecule has 0 radical (unpaired) electrons. The second kappa shape index (κ2) is 9.21. The van der Waals surface area contributed by atoms with Crippen LogP contribution < -0.4 is 14.8 Å². The molecular weight excluding hydrogens is 368 g/mol. The van der Waals surface area contributed by atoms with Gasteiger partial charge in [-0.2, -0.15) is 0 Å². The standard InChI is InChI=1S/C23H24N2O4/c1-15-19(12-13-20(24-15)16(2)27-3)23(26)25-17-8-7-9-18(14-17)29-22-11-6-5-10-21(22)28-4/h5-14,16H,1-4H3,(H,25,26). The number of nitrogens with one attached hydrogen (secondary N) is 1. The van der Waals surface area contributed by atoms with E-state index in [1.807, 2.05) is 50.2 Å². The molecule has 3 rings (SSSR count). The van der Waals surface area contributed by atoms with Crippen molar-refractivity contribution in [2.24, 2.45) is 0 Å². The van der Waals surface area contributed by atoms with Crippen molar-refractivity contribution in [3.05, 3.63) is 77.6 Å². The summed E-state index contributed by atoms with van der Waals surface area (Å²) in [5.41, 5.74) is 2.56. The number of rotatable bonds is 7. The number of methoxy groups -OCH3 is 2. The van der Waals surface area contributed by atoms with Crippen molar-refractivity contribution in [3.63, 3.8) is 0 Å². The highest BCUT2D eigenvalue weighted by Gasteiger charge is 2.14. The first-order valence-electron chi connectivity index (χ1n) is 9.24. The van der Waals surface area contributed by atoms with Crippen LogP contribution in [-0.4, -0.2) is 25.1 Å². The lowest BCUT2D eigenvalue weighted by Crippen LogP contribution is -2.15. The Morgan fingerprint density at radius 2 is 1.76 bits per heavy atom. The molecule has 0 fully saturated rings. The first-order valence-corrected chi connectivity index (χ1v) is 9.24. The molecule has 1 aromatic heterocycles. The molecule has 3 aromatic rings. The van der Waals surface area contributed by atoms with Gasteiger partial charge in [-0.25, -0.2) is 0 Å². The Kier molecular flexibility index (Phi) is 6.46. The summed E-state index contributed by atoms with van der Waals surface area (Å²) in [6.07, 6.45) is -0.130.